The number of aryl methyl sites for hydroxylation is 1. The number of rotatable bonds is 6. The van der Waals surface area contributed by atoms with E-state index in [2.05, 4.69) is 21.6 Å². The van der Waals surface area contributed by atoms with Crippen molar-refractivity contribution in [1.82, 2.24) is 20.2 Å². The van der Waals surface area contributed by atoms with E-state index in [1.165, 1.54) is 0 Å². The summed E-state index contributed by atoms with van der Waals surface area (Å²) in [6.45, 7) is 0.566. The summed E-state index contributed by atoms with van der Waals surface area (Å²) < 4.78 is 7.22. The molecule has 1 aromatic heterocycles. The Hall–Kier alpha value is -2.07. The van der Waals surface area contributed by atoms with Gasteiger partial charge in [0, 0.05) is 12.8 Å². The van der Waals surface area contributed by atoms with E-state index >= 15 is 0 Å². The highest BCUT2D eigenvalue weighted by molar-refractivity contribution is 7.99. The molecule has 0 unspecified atom stereocenters. The minimum atomic E-state index is 0.563. The molecule has 19 heavy (non-hydrogen) atoms. The molecule has 0 fully saturated rings. The molecule has 6 nitrogen and oxygen atoms in total. The second-order valence-corrected chi connectivity index (χ2v) is 4.81. The zero-order valence-electron chi connectivity index (χ0n) is 10.5. The average molecular weight is 275 g/mol. The number of ether oxygens (including phenoxy) is 1. The monoisotopic (exact) mass is 275 g/mol. The van der Waals surface area contributed by atoms with E-state index in [1.54, 1.807) is 28.6 Å². The molecule has 0 amide bonds. The van der Waals surface area contributed by atoms with Crippen molar-refractivity contribution in [2.45, 2.75) is 11.6 Å². The first-order chi connectivity index (χ1) is 9.31. The molecule has 0 aliphatic carbocycles. The Bertz CT molecular complexity index is 577. The summed E-state index contributed by atoms with van der Waals surface area (Å²) in [5.41, 5.74) is 0.563. The van der Waals surface area contributed by atoms with Crippen molar-refractivity contribution < 1.29 is 4.74 Å². The molecule has 0 saturated heterocycles. The van der Waals surface area contributed by atoms with Crippen LogP contribution in [0.2, 0.25) is 0 Å². The Morgan fingerprint density at radius 1 is 1.42 bits per heavy atom. The smallest absolute Gasteiger partial charge is 0.209 e. The summed E-state index contributed by atoms with van der Waals surface area (Å²) in [5, 5.41) is 20.9. The Balaban J connectivity index is 1.73. The van der Waals surface area contributed by atoms with E-state index in [0.717, 1.165) is 17.3 Å². The van der Waals surface area contributed by atoms with Gasteiger partial charge in [-0.1, -0.05) is 23.9 Å². The molecule has 2 rings (SSSR count). The summed E-state index contributed by atoms with van der Waals surface area (Å²) in [7, 11) is 1.81. The summed E-state index contributed by atoms with van der Waals surface area (Å²) in [5.74, 6) is 1.50. The molecule has 1 aromatic carbocycles. The third-order valence-electron chi connectivity index (χ3n) is 2.37. The third-order valence-corrected chi connectivity index (χ3v) is 3.46. The largest absolute Gasteiger partial charge is 0.492 e. The number of nitrogens with zero attached hydrogens (tertiary/aromatic N) is 5. The summed E-state index contributed by atoms with van der Waals surface area (Å²) in [4.78, 5) is 0. The van der Waals surface area contributed by atoms with Crippen molar-refractivity contribution in [1.29, 1.82) is 5.26 Å². The number of tetrazole rings is 1. The van der Waals surface area contributed by atoms with E-state index in [9.17, 15) is 0 Å². The number of hydrogen-bond acceptors (Lipinski definition) is 6. The topological polar surface area (TPSA) is 76.6 Å². The van der Waals surface area contributed by atoms with E-state index in [1.807, 2.05) is 19.2 Å². The highest BCUT2D eigenvalue weighted by atomic mass is 32.2. The number of hydrogen-bond donors (Lipinski definition) is 0. The first-order valence-corrected chi connectivity index (χ1v) is 6.77. The predicted octanol–water partition coefficient (Wildman–Crippen LogP) is 1.64. The van der Waals surface area contributed by atoms with Crippen molar-refractivity contribution in [3.8, 4) is 11.8 Å². The zero-order chi connectivity index (χ0) is 13.5. The van der Waals surface area contributed by atoms with Crippen LogP contribution in [0.15, 0.2) is 29.4 Å². The molecular formula is C12H13N5OS. The van der Waals surface area contributed by atoms with Gasteiger partial charge in [0.05, 0.1) is 12.2 Å². The lowest BCUT2D eigenvalue weighted by atomic mass is 10.2. The fourth-order valence-corrected chi connectivity index (χ4v) is 2.20. The molecule has 0 atom stereocenters. The van der Waals surface area contributed by atoms with Gasteiger partial charge in [-0.25, -0.2) is 4.68 Å². The molecule has 98 valence electrons. The standard InChI is InChI=1S/C12H13N5OS/c1-17-12(14-15-16-17)19-8-4-7-18-11-6-3-2-5-10(11)9-13/h2-3,5-6H,4,7-8H2,1H3. The Morgan fingerprint density at radius 2 is 2.26 bits per heavy atom. The van der Waals surface area contributed by atoms with Crippen molar-refractivity contribution >= 4 is 11.8 Å². The Labute approximate surface area is 115 Å². The molecule has 1 heterocycles. The average Bonchev–Trinajstić information content (AvgIpc) is 2.84. The maximum Gasteiger partial charge on any atom is 0.209 e. The van der Waals surface area contributed by atoms with Crippen molar-refractivity contribution in [2.75, 3.05) is 12.4 Å². The van der Waals surface area contributed by atoms with Gasteiger partial charge in [0.15, 0.2) is 0 Å². The van der Waals surface area contributed by atoms with Gasteiger partial charge in [0.25, 0.3) is 0 Å². The lowest BCUT2D eigenvalue weighted by Crippen LogP contribution is -2.01. The van der Waals surface area contributed by atoms with E-state index in [-0.39, 0.29) is 0 Å². The summed E-state index contributed by atoms with van der Waals surface area (Å²) >= 11 is 1.58. The molecule has 0 aliphatic heterocycles. The molecule has 0 spiro atoms. The van der Waals surface area contributed by atoms with Crippen LogP contribution in [0.1, 0.15) is 12.0 Å². The van der Waals surface area contributed by atoms with Crippen LogP contribution in [0.4, 0.5) is 0 Å². The summed E-state index contributed by atoms with van der Waals surface area (Å²) in [6.07, 6.45) is 0.858. The van der Waals surface area contributed by atoms with Crippen LogP contribution >= 0.6 is 11.8 Å². The predicted molar refractivity (Wildman–Crippen MR) is 70.8 cm³/mol. The van der Waals surface area contributed by atoms with Crippen LogP contribution in [0.3, 0.4) is 0 Å². The highest BCUT2D eigenvalue weighted by Gasteiger charge is 2.03. The molecule has 7 heteroatoms. The van der Waals surface area contributed by atoms with Crippen molar-refractivity contribution in [2.24, 2.45) is 7.05 Å². The van der Waals surface area contributed by atoms with Crippen LogP contribution in [0, 0.1) is 11.3 Å². The van der Waals surface area contributed by atoms with Gasteiger partial charge in [0.2, 0.25) is 5.16 Å². The van der Waals surface area contributed by atoms with Crippen molar-refractivity contribution in [3.05, 3.63) is 29.8 Å². The quantitative estimate of drug-likeness (QED) is 0.589. The number of thioether (sulfide) groups is 1. The molecule has 0 radical (unpaired) electrons. The van der Waals surface area contributed by atoms with Gasteiger partial charge in [-0.05, 0) is 29.0 Å². The normalized spacial score (nSPS) is 10.1. The van der Waals surface area contributed by atoms with E-state index < -0.39 is 0 Å². The molecular weight excluding hydrogens is 262 g/mol. The SMILES string of the molecule is Cn1nnnc1SCCCOc1ccccc1C#N. The number of aromatic nitrogens is 4. The fraction of sp³-hybridized carbons (Fsp3) is 0.333. The number of para-hydroxylation sites is 1. The molecule has 0 aliphatic rings. The zero-order valence-corrected chi connectivity index (χ0v) is 11.3. The van der Waals surface area contributed by atoms with Crippen LogP contribution in [0.25, 0.3) is 0 Å². The first kappa shape index (κ1) is 13.4. The minimum Gasteiger partial charge on any atom is -0.492 e. The van der Waals surface area contributed by atoms with Crippen molar-refractivity contribution in [3.63, 3.8) is 0 Å². The van der Waals surface area contributed by atoms with Gasteiger partial charge in [0.1, 0.15) is 11.8 Å². The lowest BCUT2D eigenvalue weighted by Gasteiger charge is -2.06. The maximum atomic E-state index is 8.92. The maximum absolute atomic E-state index is 8.92. The van der Waals surface area contributed by atoms with Crippen LogP contribution in [-0.2, 0) is 7.05 Å². The highest BCUT2D eigenvalue weighted by Crippen LogP contribution is 2.18. The minimum absolute atomic E-state index is 0.563. The summed E-state index contributed by atoms with van der Waals surface area (Å²) in [6, 6.07) is 9.33. The second-order valence-electron chi connectivity index (χ2n) is 3.74. The number of benzene rings is 1. The van der Waals surface area contributed by atoms with Gasteiger partial charge in [-0.15, -0.1) is 5.10 Å². The fourth-order valence-electron chi connectivity index (χ4n) is 1.43. The molecule has 0 bridgehead atoms. The molecule has 2 aromatic rings. The third kappa shape index (κ3) is 3.69. The van der Waals surface area contributed by atoms with E-state index in [4.69, 9.17) is 10.00 Å². The van der Waals surface area contributed by atoms with Gasteiger partial charge in [-0.3, -0.25) is 0 Å². The molecule has 0 N–H and O–H groups in total. The van der Waals surface area contributed by atoms with Crippen LogP contribution in [0.5, 0.6) is 5.75 Å². The van der Waals surface area contributed by atoms with Gasteiger partial charge >= 0.3 is 0 Å². The van der Waals surface area contributed by atoms with Gasteiger partial charge in [-0.2, -0.15) is 5.26 Å². The first-order valence-electron chi connectivity index (χ1n) is 5.78. The van der Waals surface area contributed by atoms with Crippen LogP contribution < -0.4 is 4.74 Å². The van der Waals surface area contributed by atoms with E-state index in [0.29, 0.717) is 17.9 Å². The van der Waals surface area contributed by atoms with Crippen LogP contribution in [-0.4, -0.2) is 32.6 Å². The Morgan fingerprint density at radius 3 is 3.00 bits per heavy atom. The lowest BCUT2D eigenvalue weighted by molar-refractivity contribution is 0.318. The number of nitriles is 1. The van der Waals surface area contributed by atoms with Gasteiger partial charge < -0.3 is 4.74 Å². The second kappa shape index (κ2) is 6.75. The Kier molecular flexibility index (Phi) is 4.75. The molecule has 0 saturated carbocycles.